The smallest absolute Gasteiger partial charge is 0.421 e. The third-order valence-electron chi connectivity index (χ3n) is 13.4. The summed E-state index contributed by atoms with van der Waals surface area (Å²) in [7, 11) is -4.06. The van der Waals surface area contributed by atoms with Gasteiger partial charge in [-0.3, -0.25) is 0 Å². The molecular weight excluding hydrogens is 592 g/mol. The minimum atomic E-state index is -4.06. The van der Waals surface area contributed by atoms with Crippen LogP contribution in [0.15, 0.2) is 29.2 Å². The average Bonchev–Trinajstić information content (AvgIpc) is 3.38. The number of ether oxygens (including phenoxy) is 2. The second kappa shape index (κ2) is 12.6. The first-order valence-corrected chi connectivity index (χ1v) is 18.9. The van der Waals surface area contributed by atoms with Gasteiger partial charge in [0.25, 0.3) is 10.0 Å². The van der Waals surface area contributed by atoms with Gasteiger partial charge in [-0.1, -0.05) is 34.1 Å². The van der Waals surface area contributed by atoms with Crippen LogP contribution >= 0.6 is 0 Å². The summed E-state index contributed by atoms with van der Waals surface area (Å²) in [4.78, 5) is 14.9. The molecule has 1 heterocycles. The van der Waals surface area contributed by atoms with E-state index in [9.17, 15) is 23.4 Å². The molecule has 4 aliphatic carbocycles. The first kappa shape index (κ1) is 33.0. The molecule has 0 spiro atoms. The minimum absolute atomic E-state index is 0.0206. The summed E-state index contributed by atoms with van der Waals surface area (Å²) in [6, 6.07) is 6.53. The zero-order valence-electron chi connectivity index (χ0n) is 27.5. The number of fused-ring (bicyclic) bond motifs is 5. The Labute approximate surface area is 269 Å². The lowest BCUT2D eigenvalue weighted by Gasteiger charge is -2.64. The maximum Gasteiger partial charge on any atom is 0.421 e. The molecule has 5 fully saturated rings. The highest BCUT2D eigenvalue weighted by molar-refractivity contribution is 7.90. The predicted octanol–water partition coefficient (Wildman–Crippen LogP) is 5.20. The lowest BCUT2D eigenvalue weighted by atomic mass is 9.41. The van der Waals surface area contributed by atoms with E-state index in [2.05, 4.69) is 37.3 Å². The van der Waals surface area contributed by atoms with Crippen LogP contribution in [0.5, 0.6) is 0 Å². The fourth-order valence-electron chi connectivity index (χ4n) is 11.1. The van der Waals surface area contributed by atoms with Gasteiger partial charge in [-0.15, -0.1) is 0 Å². The maximum atomic E-state index is 12.9. The van der Waals surface area contributed by atoms with Crippen LogP contribution in [-0.4, -0.2) is 69.8 Å². The third kappa shape index (κ3) is 5.91. The number of aliphatic hydroxyl groups excluding tert-OH is 2. The fraction of sp³-hybridized carbons (Fsp3) is 0.800. The molecule has 4 saturated carbocycles. The third-order valence-corrected chi connectivity index (χ3v) is 14.7. The van der Waals surface area contributed by atoms with Gasteiger partial charge in [-0.25, -0.2) is 17.9 Å². The zero-order valence-corrected chi connectivity index (χ0v) is 28.3. The topological polar surface area (TPSA) is 125 Å². The van der Waals surface area contributed by atoms with Gasteiger partial charge in [-0.2, -0.15) is 0 Å². The molecular formula is C35H54N2O7S. The van der Waals surface area contributed by atoms with Crippen molar-refractivity contribution in [3.63, 3.8) is 0 Å². The van der Waals surface area contributed by atoms with E-state index in [-0.39, 0.29) is 52.3 Å². The lowest BCUT2D eigenvalue weighted by Crippen LogP contribution is -2.62. The van der Waals surface area contributed by atoms with Crippen molar-refractivity contribution in [1.29, 1.82) is 0 Å². The molecule has 0 bridgehead atoms. The number of rotatable bonds is 7. The Hall–Kier alpha value is -1.88. The number of hydrogen-bond donors (Lipinski definition) is 3. The molecule has 6 rings (SSSR count). The summed E-state index contributed by atoms with van der Waals surface area (Å²) in [5.74, 6) is 2.11. The van der Waals surface area contributed by atoms with Gasteiger partial charge >= 0.3 is 6.09 Å². The molecule has 252 valence electrons. The van der Waals surface area contributed by atoms with Crippen LogP contribution in [0.2, 0.25) is 0 Å². The number of anilines is 1. The van der Waals surface area contributed by atoms with E-state index in [1.165, 1.54) is 12.1 Å². The number of nitrogens with one attached hydrogen (secondary N) is 1. The van der Waals surface area contributed by atoms with Crippen LogP contribution in [-0.2, 0) is 19.5 Å². The van der Waals surface area contributed by atoms with Crippen molar-refractivity contribution >= 4 is 21.8 Å². The number of aliphatic hydroxyl groups is 2. The number of amides is 1. The number of carbonyl (C=O) groups is 1. The van der Waals surface area contributed by atoms with Crippen molar-refractivity contribution in [1.82, 2.24) is 4.72 Å². The fourth-order valence-corrected chi connectivity index (χ4v) is 12.0. The number of nitrogens with zero attached hydrogens (tertiary/aromatic N) is 1. The molecule has 1 aliphatic heterocycles. The normalized spacial score (nSPS) is 40.5. The Balaban J connectivity index is 1.08. The Morgan fingerprint density at radius 2 is 1.69 bits per heavy atom. The van der Waals surface area contributed by atoms with Gasteiger partial charge in [0.15, 0.2) is 0 Å². The molecule has 10 heteroatoms. The second-order valence-electron chi connectivity index (χ2n) is 15.4. The summed E-state index contributed by atoms with van der Waals surface area (Å²) in [6.07, 6.45) is 6.35. The number of morpholine rings is 1. The predicted molar refractivity (Wildman–Crippen MR) is 172 cm³/mol. The Bertz CT molecular complexity index is 1320. The van der Waals surface area contributed by atoms with Gasteiger partial charge in [0.1, 0.15) is 0 Å². The molecule has 1 amide bonds. The standard InChI is InChI=1S/C35H54N2O7S/c1-5-26-30-20-24(38)12-14-35(30,4)29-13-15-34(3)27(10-11-28(34)31(29)32(26)39)22(2)21-44-33(40)36-45(41,42)25-8-6-23(7-9-25)37-16-18-43-19-17-37/h6-9,22,24,26-32,38-39H,5,10-21H2,1-4H3,(H,36,40)/t22-,24-,26-,27-,28+,29+,30+,31+,32-,34-,35-/m1/s1. The molecule has 1 aromatic carbocycles. The summed E-state index contributed by atoms with van der Waals surface area (Å²) in [5, 5.41) is 22.5. The van der Waals surface area contributed by atoms with Crippen molar-refractivity contribution < 1.29 is 32.9 Å². The van der Waals surface area contributed by atoms with Crippen LogP contribution in [0.1, 0.15) is 79.1 Å². The van der Waals surface area contributed by atoms with Gasteiger partial charge < -0.3 is 24.6 Å². The van der Waals surface area contributed by atoms with Gasteiger partial charge in [0, 0.05) is 18.8 Å². The molecule has 0 unspecified atom stereocenters. The van der Waals surface area contributed by atoms with E-state index in [4.69, 9.17) is 9.47 Å². The summed E-state index contributed by atoms with van der Waals surface area (Å²) < 4.78 is 38.9. The van der Waals surface area contributed by atoms with Gasteiger partial charge in [-0.05, 0) is 121 Å². The van der Waals surface area contributed by atoms with E-state index < -0.39 is 16.1 Å². The van der Waals surface area contributed by atoms with E-state index >= 15 is 0 Å². The molecule has 9 nitrogen and oxygen atoms in total. The minimum Gasteiger partial charge on any atom is -0.449 e. The zero-order chi connectivity index (χ0) is 32.1. The highest BCUT2D eigenvalue weighted by Gasteiger charge is 2.65. The van der Waals surface area contributed by atoms with E-state index in [1.807, 2.05) is 0 Å². The maximum absolute atomic E-state index is 12.9. The number of benzene rings is 1. The van der Waals surface area contributed by atoms with Gasteiger partial charge in [0.05, 0.1) is 36.9 Å². The van der Waals surface area contributed by atoms with Crippen molar-refractivity contribution in [3.05, 3.63) is 24.3 Å². The van der Waals surface area contributed by atoms with Crippen molar-refractivity contribution in [2.45, 2.75) is 96.2 Å². The van der Waals surface area contributed by atoms with Gasteiger partial charge in [0.2, 0.25) is 0 Å². The van der Waals surface area contributed by atoms with E-state index in [1.54, 1.807) is 12.1 Å². The summed E-state index contributed by atoms with van der Waals surface area (Å²) >= 11 is 0. The van der Waals surface area contributed by atoms with Crippen LogP contribution < -0.4 is 9.62 Å². The molecule has 1 saturated heterocycles. The van der Waals surface area contributed by atoms with Crippen LogP contribution in [0.4, 0.5) is 10.5 Å². The molecule has 45 heavy (non-hydrogen) atoms. The quantitative estimate of drug-likeness (QED) is 0.369. The summed E-state index contributed by atoms with van der Waals surface area (Å²) in [6.45, 7) is 12.1. The molecule has 11 atom stereocenters. The van der Waals surface area contributed by atoms with Crippen LogP contribution in [0.3, 0.4) is 0 Å². The van der Waals surface area contributed by atoms with E-state index in [0.29, 0.717) is 36.9 Å². The molecule has 3 N–H and O–H groups in total. The first-order chi connectivity index (χ1) is 21.4. The van der Waals surface area contributed by atoms with Crippen LogP contribution in [0.25, 0.3) is 0 Å². The SMILES string of the molecule is CC[C@H]1[C@@H](O)[C@@H]2[C@H](CC[C@]3(C)[C@@H]([C@H](C)COC(=O)NS(=O)(=O)c4ccc(N5CCOCC5)cc4)CC[C@@H]23)[C@@]2(C)CC[C@@H](O)C[C@@H]12. The monoisotopic (exact) mass is 646 g/mol. The summed E-state index contributed by atoms with van der Waals surface area (Å²) in [5.41, 5.74) is 1.11. The number of sulfonamides is 1. The molecule has 0 radical (unpaired) electrons. The van der Waals surface area contributed by atoms with Crippen molar-refractivity contribution in [3.8, 4) is 0 Å². The van der Waals surface area contributed by atoms with Crippen molar-refractivity contribution in [2.24, 2.45) is 52.3 Å². The van der Waals surface area contributed by atoms with Crippen LogP contribution in [0, 0.1) is 52.3 Å². The first-order valence-electron chi connectivity index (χ1n) is 17.4. The lowest BCUT2D eigenvalue weighted by molar-refractivity contribution is -0.203. The largest absolute Gasteiger partial charge is 0.449 e. The highest BCUT2D eigenvalue weighted by atomic mass is 32.2. The highest BCUT2D eigenvalue weighted by Crippen LogP contribution is 2.69. The molecule has 1 aromatic rings. The van der Waals surface area contributed by atoms with Crippen molar-refractivity contribution in [2.75, 3.05) is 37.8 Å². The Kier molecular flexibility index (Phi) is 9.27. The van der Waals surface area contributed by atoms with E-state index in [0.717, 1.165) is 70.1 Å². The Morgan fingerprint density at radius 3 is 2.38 bits per heavy atom. The average molecular weight is 647 g/mol. The number of carbonyl (C=O) groups excluding carboxylic acids is 1. The molecule has 0 aromatic heterocycles. The number of hydrogen-bond acceptors (Lipinski definition) is 8. The molecule has 5 aliphatic rings. The second-order valence-corrected chi connectivity index (χ2v) is 17.1. The Morgan fingerprint density at radius 1 is 1.02 bits per heavy atom.